The molecule has 1 unspecified atom stereocenters. The molecule has 10 heteroatoms. The van der Waals surface area contributed by atoms with Crippen LogP contribution in [0, 0.1) is 0 Å². The second-order valence-electron chi connectivity index (χ2n) is 2.19. The smallest absolute Gasteiger partial charge is 1.00 e. The van der Waals surface area contributed by atoms with Crippen molar-refractivity contribution in [2.24, 2.45) is 0 Å². The van der Waals surface area contributed by atoms with Crippen molar-refractivity contribution < 1.29 is 87.5 Å². The van der Waals surface area contributed by atoms with E-state index in [4.69, 9.17) is 4.55 Å². The maximum atomic E-state index is 11.1. The Bertz CT molecular complexity index is 421. The Labute approximate surface area is 143 Å². The van der Waals surface area contributed by atoms with Gasteiger partial charge >= 0.3 is 59.1 Å². The summed E-state index contributed by atoms with van der Waals surface area (Å²) in [6, 6.07) is 0. The molecule has 6 nitrogen and oxygen atoms in total. The minimum atomic E-state index is -4.77. The molecule has 0 aromatic carbocycles. The summed E-state index contributed by atoms with van der Waals surface area (Å²) in [4.78, 5) is 0. The summed E-state index contributed by atoms with van der Waals surface area (Å²) >= 11 is 0. The fourth-order valence-electron chi connectivity index (χ4n) is 0.598. The van der Waals surface area contributed by atoms with E-state index in [9.17, 15) is 16.8 Å². The summed E-state index contributed by atoms with van der Waals surface area (Å²) in [7, 11) is -9.19. The molecule has 0 aliphatic rings. The predicted octanol–water partition coefficient (Wildman–Crippen LogP) is -5.85. The third-order valence-corrected chi connectivity index (χ3v) is 4.56. The van der Waals surface area contributed by atoms with Crippen LogP contribution < -0.4 is 59.1 Å². The second kappa shape index (κ2) is 9.26. The van der Waals surface area contributed by atoms with Crippen LogP contribution in [0.4, 0.5) is 0 Å². The van der Waals surface area contributed by atoms with E-state index >= 15 is 0 Å². The summed E-state index contributed by atoms with van der Waals surface area (Å²) in [6.45, 7) is 5.79. The monoisotopic (exact) mass is 290 g/mol. The Morgan fingerprint density at radius 1 is 1.25 bits per heavy atom. The Kier molecular flexibility index (Phi) is 13.0. The second-order valence-corrected chi connectivity index (χ2v) is 5.75. The summed E-state index contributed by atoms with van der Waals surface area (Å²) in [6.07, 6.45) is 1.69. The first kappa shape index (κ1) is 22.5. The molecular formula is C6H12Na2O6S2. The van der Waals surface area contributed by atoms with Crippen LogP contribution in [-0.4, -0.2) is 32.6 Å². The van der Waals surface area contributed by atoms with Crippen molar-refractivity contribution in [3.8, 4) is 0 Å². The largest absolute Gasteiger partial charge is 1.00 e. The van der Waals surface area contributed by atoms with Crippen molar-refractivity contribution in [2.45, 2.75) is 4.58 Å². The molecule has 16 heavy (non-hydrogen) atoms. The third-order valence-electron chi connectivity index (χ3n) is 1.12. The van der Waals surface area contributed by atoms with Gasteiger partial charge in [-0.25, -0.2) is 0 Å². The summed E-state index contributed by atoms with van der Waals surface area (Å²) < 4.78 is 53.9. The normalized spacial score (nSPS) is 12.8. The van der Waals surface area contributed by atoms with E-state index in [1.54, 1.807) is 0 Å². The predicted molar refractivity (Wildman–Crippen MR) is 52.8 cm³/mol. The van der Waals surface area contributed by atoms with Gasteiger partial charge in [0.2, 0.25) is 4.58 Å². The van der Waals surface area contributed by atoms with E-state index in [1.165, 1.54) is 0 Å². The molecule has 0 saturated heterocycles. The van der Waals surface area contributed by atoms with E-state index in [1.807, 2.05) is 0 Å². The standard InChI is InChI=1S/C6H10O6S2.2Na.2H/c1-3-5-12-14(10,11)6(4-2)13(7,8)9;;;;/h3-4,6H,1-2,5H2,(H,7,8,9);;;;/q;2*+1;2*-1. The Morgan fingerprint density at radius 3 is 1.94 bits per heavy atom. The van der Waals surface area contributed by atoms with E-state index in [-0.39, 0.29) is 68.6 Å². The van der Waals surface area contributed by atoms with Crippen LogP contribution in [0.2, 0.25) is 0 Å². The van der Waals surface area contributed by atoms with Gasteiger partial charge in [-0.3, -0.25) is 8.74 Å². The first-order chi connectivity index (χ1) is 6.25. The van der Waals surface area contributed by atoms with Gasteiger partial charge in [0, 0.05) is 0 Å². The fraction of sp³-hybridized carbons (Fsp3) is 0.333. The molecule has 1 atom stereocenters. The molecule has 0 spiro atoms. The van der Waals surface area contributed by atoms with Gasteiger partial charge in [0.1, 0.15) is 0 Å². The number of hydrogen-bond donors (Lipinski definition) is 1. The number of rotatable bonds is 6. The van der Waals surface area contributed by atoms with Gasteiger partial charge in [0.05, 0.1) is 6.61 Å². The summed E-state index contributed by atoms with van der Waals surface area (Å²) in [5.41, 5.74) is 0. The zero-order valence-electron chi connectivity index (χ0n) is 11.2. The van der Waals surface area contributed by atoms with Crippen LogP contribution in [-0.2, 0) is 24.4 Å². The van der Waals surface area contributed by atoms with Gasteiger partial charge in [-0.2, -0.15) is 16.8 Å². The maximum absolute atomic E-state index is 11.1. The molecule has 0 radical (unpaired) electrons. The van der Waals surface area contributed by atoms with Crippen LogP contribution in [0.5, 0.6) is 0 Å². The molecular weight excluding hydrogens is 278 g/mol. The zero-order chi connectivity index (χ0) is 11.4. The maximum Gasteiger partial charge on any atom is 1.00 e. The molecule has 0 aromatic heterocycles. The molecule has 0 aliphatic carbocycles. The Balaban J connectivity index is -0.000000141. The van der Waals surface area contributed by atoms with Gasteiger partial charge in [-0.15, -0.1) is 13.2 Å². The third kappa shape index (κ3) is 7.59. The minimum Gasteiger partial charge on any atom is -1.00 e. The van der Waals surface area contributed by atoms with Crippen LogP contribution in [0.15, 0.2) is 25.3 Å². The fourth-order valence-corrected chi connectivity index (χ4v) is 2.86. The molecule has 0 bridgehead atoms. The molecule has 86 valence electrons. The van der Waals surface area contributed by atoms with E-state index < -0.39 is 24.8 Å². The van der Waals surface area contributed by atoms with Crippen molar-refractivity contribution in [1.82, 2.24) is 0 Å². The SMILES string of the molecule is C=CCOS(=O)(=O)C(C=C)S(=O)(=O)O.[H-].[H-].[Na+].[Na+]. The van der Waals surface area contributed by atoms with Gasteiger partial charge in [0.25, 0.3) is 20.2 Å². The minimum absolute atomic E-state index is 0. The van der Waals surface area contributed by atoms with E-state index in [2.05, 4.69) is 17.3 Å². The molecule has 0 aromatic rings. The molecule has 0 fully saturated rings. The van der Waals surface area contributed by atoms with Crippen molar-refractivity contribution in [3.05, 3.63) is 25.3 Å². The molecule has 0 saturated carbocycles. The molecule has 0 heterocycles. The molecule has 1 N–H and O–H groups in total. The van der Waals surface area contributed by atoms with Gasteiger partial charge in [-0.1, -0.05) is 12.2 Å². The summed E-state index contributed by atoms with van der Waals surface area (Å²) in [5, 5.41) is 0. The van der Waals surface area contributed by atoms with Crippen molar-refractivity contribution in [3.63, 3.8) is 0 Å². The van der Waals surface area contributed by atoms with E-state index in [0.29, 0.717) is 6.08 Å². The van der Waals surface area contributed by atoms with Crippen LogP contribution in [0.1, 0.15) is 2.85 Å². The first-order valence-corrected chi connectivity index (χ1v) is 6.31. The van der Waals surface area contributed by atoms with Gasteiger partial charge in [-0.05, 0) is 0 Å². The van der Waals surface area contributed by atoms with Gasteiger partial charge in [0.15, 0.2) is 0 Å². The van der Waals surface area contributed by atoms with Crippen molar-refractivity contribution >= 4 is 20.2 Å². The quantitative estimate of drug-likeness (QED) is 0.226. The topological polar surface area (TPSA) is 97.7 Å². The van der Waals surface area contributed by atoms with Gasteiger partial charge < -0.3 is 2.85 Å². The Morgan fingerprint density at radius 2 is 1.69 bits per heavy atom. The number of hydrogen-bond acceptors (Lipinski definition) is 5. The first-order valence-electron chi connectivity index (χ1n) is 3.33. The Hall–Kier alpha value is 1.30. The zero-order valence-corrected chi connectivity index (χ0v) is 14.8. The van der Waals surface area contributed by atoms with Crippen LogP contribution >= 0.6 is 0 Å². The average Bonchev–Trinajstić information content (AvgIpc) is 1.98. The molecule has 0 aliphatic heterocycles. The van der Waals surface area contributed by atoms with Crippen molar-refractivity contribution in [1.29, 1.82) is 0 Å². The molecule has 0 rings (SSSR count). The average molecular weight is 290 g/mol. The molecule has 0 amide bonds. The van der Waals surface area contributed by atoms with E-state index in [0.717, 1.165) is 6.08 Å². The van der Waals surface area contributed by atoms with Crippen LogP contribution in [0.3, 0.4) is 0 Å². The van der Waals surface area contributed by atoms with Crippen LogP contribution in [0.25, 0.3) is 0 Å². The summed E-state index contributed by atoms with van der Waals surface area (Å²) in [5.74, 6) is 0. The van der Waals surface area contributed by atoms with Crippen molar-refractivity contribution in [2.75, 3.05) is 6.61 Å².